The van der Waals surface area contributed by atoms with Crippen LogP contribution in [0.5, 0.6) is 5.88 Å². The summed E-state index contributed by atoms with van der Waals surface area (Å²) in [6.45, 7) is 9.73. The molecule has 9 heteroatoms. The van der Waals surface area contributed by atoms with Crippen LogP contribution in [0.1, 0.15) is 57.3 Å². The number of hydrogen-bond acceptors (Lipinski definition) is 7. The number of carbonyl (C=O) groups is 1. The van der Waals surface area contributed by atoms with Crippen molar-refractivity contribution < 1.29 is 17.9 Å². The Morgan fingerprint density at radius 2 is 1.94 bits per heavy atom. The highest BCUT2D eigenvalue weighted by Gasteiger charge is 2.39. The van der Waals surface area contributed by atoms with E-state index in [1.54, 1.807) is 30.5 Å². The molecule has 2 aliphatic rings. The molecule has 1 aliphatic heterocycles. The number of rotatable bonds is 7. The highest BCUT2D eigenvalue weighted by Crippen LogP contribution is 2.37. The Morgan fingerprint density at radius 1 is 1.17 bits per heavy atom. The molecule has 0 spiro atoms. The van der Waals surface area contributed by atoms with Gasteiger partial charge >= 0.3 is 0 Å². The third kappa shape index (κ3) is 5.66. The van der Waals surface area contributed by atoms with Gasteiger partial charge in [0.05, 0.1) is 12.2 Å². The van der Waals surface area contributed by atoms with Crippen LogP contribution in [0.3, 0.4) is 0 Å². The fraction of sp³-hybridized carbons (Fsp3) is 0.500. The van der Waals surface area contributed by atoms with Crippen LogP contribution in [0, 0.1) is 17.8 Å². The van der Waals surface area contributed by atoms with Crippen LogP contribution in [-0.4, -0.2) is 43.0 Å². The molecule has 4 rings (SSSR count). The van der Waals surface area contributed by atoms with Gasteiger partial charge in [-0.25, -0.2) is 9.71 Å². The van der Waals surface area contributed by atoms with Gasteiger partial charge in [-0.2, -0.15) is 13.4 Å². The molecule has 1 N–H and O–H groups in total. The highest BCUT2D eigenvalue weighted by atomic mass is 32.2. The molecule has 3 atom stereocenters. The average molecular weight is 499 g/mol. The topological polar surface area (TPSA) is 101 Å². The van der Waals surface area contributed by atoms with Crippen LogP contribution in [0.25, 0.3) is 0 Å². The third-order valence-corrected chi connectivity index (χ3v) is 8.16. The SMILES string of the molecule is CC1CN(c2ncccc2C(=O)NS(=O)(=O)c2cccc(OCC3CC=CCC3C)n2)C(C)(C)C1. The van der Waals surface area contributed by atoms with Crippen molar-refractivity contribution in [2.75, 3.05) is 18.1 Å². The van der Waals surface area contributed by atoms with Crippen molar-refractivity contribution in [2.24, 2.45) is 17.8 Å². The van der Waals surface area contributed by atoms with Gasteiger partial charge in [0.2, 0.25) is 5.88 Å². The zero-order valence-electron chi connectivity index (χ0n) is 20.8. The first-order valence-electron chi connectivity index (χ1n) is 12.1. The number of allylic oxidation sites excluding steroid dienone is 2. The first kappa shape index (κ1) is 25.2. The maximum absolute atomic E-state index is 13.1. The lowest BCUT2D eigenvalue weighted by molar-refractivity contribution is 0.0981. The number of anilines is 1. The number of aromatic nitrogens is 2. The minimum absolute atomic E-state index is 0.194. The second kappa shape index (κ2) is 9.97. The molecule has 3 heterocycles. The van der Waals surface area contributed by atoms with Crippen molar-refractivity contribution in [1.29, 1.82) is 0 Å². The molecule has 0 radical (unpaired) electrons. The van der Waals surface area contributed by atoms with Crippen molar-refractivity contribution in [2.45, 2.75) is 57.5 Å². The highest BCUT2D eigenvalue weighted by molar-refractivity contribution is 7.90. The molecular formula is C26H34N4O4S. The maximum atomic E-state index is 13.1. The molecule has 0 bridgehead atoms. The lowest BCUT2D eigenvalue weighted by Crippen LogP contribution is -2.41. The van der Waals surface area contributed by atoms with Gasteiger partial charge in [-0.15, -0.1) is 0 Å². The Kier molecular flexibility index (Phi) is 7.17. The molecular weight excluding hydrogens is 464 g/mol. The van der Waals surface area contributed by atoms with E-state index in [-0.39, 0.29) is 22.0 Å². The summed E-state index contributed by atoms with van der Waals surface area (Å²) in [6, 6.07) is 7.77. The van der Waals surface area contributed by atoms with Crippen LogP contribution in [0.15, 0.2) is 53.7 Å². The van der Waals surface area contributed by atoms with Gasteiger partial charge in [-0.05, 0) is 69.1 Å². The van der Waals surface area contributed by atoms with Gasteiger partial charge in [-0.1, -0.05) is 32.1 Å². The Balaban J connectivity index is 1.50. The van der Waals surface area contributed by atoms with E-state index in [1.807, 2.05) is 0 Å². The van der Waals surface area contributed by atoms with Gasteiger partial charge < -0.3 is 9.64 Å². The fourth-order valence-corrected chi connectivity index (χ4v) is 5.96. The Bertz CT molecular complexity index is 1210. The van der Waals surface area contributed by atoms with E-state index < -0.39 is 15.9 Å². The standard InChI is InChI=1S/C26H34N4O4S/c1-18-15-26(3,4)30(16-18)24-21(11-8-14-27-24)25(31)29-35(32,33)23-13-7-12-22(28-23)34-17-20-10-6-5-9-19(20)2/h5-8,11-14,18-20H,9-10,15-17H2,1-4H3,(H,29,31). The van der Waals surface area contributed by atoms with Crippen LogP contribution < -0.4 is 14.4 Å². The minimum atomic E-state index is -4.21. The summed E-state index contributed by atoms with van der Waals surface area (Å²) in [7, 11) is -4.21. The van der Waals surface area contributed by atoms with E-state index in [9.17, 15) is 13.2 Å². The predicted octanol–water partition coefficient (Wildman–Crippen LogP) is 4.20. The Morgan fingerprint density at radius 3 is 2.66 bits per heavy atom. The second-order valence-electron chi connectivity index (χ2n) is 10.3. The van der Waals surface area contributed by atoms with E-state index in [1.165, 1.54) is 6.07 Å². The summed E-state index contributed by atoms with van der Waals surface area (Å²) in [4.78, 5) is 23.8. The predicted molar refractivity (Wildman–Crippen MR) is 135 cm³/mol. The van der Waals surface area contributed by atoms with Crippen molar-refractivity contribution in [3.8, 4) is 5.88 Å². The van der Waals surface area contributed by atoms with Gasteiger partial charge in [0, 0.05) is 24.3 Å². The zero-order valence-corrected chi connectivity index (χ0v) is 21.6. The number of sulfonamides is 1. The molecule has 35 heavy (non-hydrogen) atoms. The molecule has 0 saturated carbocycles. The normalized spacial score (nSPS) is 23.8. The molecule has 188 valence electrons. The minimum Gasteiger partial charge on any atom is -0.477 e. The first-order valence-corrected chi connectivity index (χ1v) is 13.6. The van der Waals surface area contributed by atoms with Crippen LogP contribution in [0.2, 0.25) is 0 Å². The van der Waals surface area contributed by atoms with Crippen molar-refractivity contribution in [1.82, 2.24) is 14.7 Å². The Labute approximate surface area is 207 Å². The summed E-state index contributed by atoms with van der Waals surface area (Å²) in [5, 5.41) is -0.263. The van der Waals surface area contributed by atoms with Gasteiger partial charge in [0.25, 0.3) is 15.9 Å². The number of ether oxygens (including phenoxy) is 1. The lowest BCUT2D eigenvalue weighted by Gasteiger charge is -2.33. The van der Waals surface area contributed by atoms with Gasteiger partial charge in [-0.3, -0.25) is 4.79 Å². The van der Waals surface area contributed by atoms with E-state index in [4.69, 9.17) is 4.74 Å². The quantitative estimate of drug-likeness (QED) is 0.571. The molecule has 2 aromatic rings. The zero-order chi connectivity index (χ0) is 25.2. The van der Waals surface area contributed by atoms with E-state index in [2.05, 4.69) is 59.4 Å². The molecule has 2 aromatic heterocycles. The summed E-state index contributed by atoms with van der Waals surface area (Å²) in [5.74, 6) is 1.24. The summed E-state index contributed by atoms with van der Waals surface area (Å²) in [6.07, 6.45) is 8.82. The largest absolute Gasteiger partial charge is 0.477 e. The molecule has 1 fully saturated rings. The molecule has 1 saturated heterocycles. The third-order valence-electron chi connectivity index (χ3n) is 6.92. The smallest absolute Gasteiger partial charge is 0.281 e. The van der Waals surface area contributed by atoms with Gasteiger partial charge in [0.15, 0.2) is 5.03 Å². The monoisotopic (exact) mass is 498 g/mol. The summed E-state index contributed by atoms with van der Waals surface area (Å²) in [5.41, 5.74) is 0.0190. The summed E-state index contributed by atoms with van der Waals surface area (Å²) < 4.78 is 34.1. The number of pyridine rings is 2. The number of hydrogen-bond donors (Lipinski definition) is 1. The second-order valence-corrected chi connectivity index (χ2v) is 12.0. The van der Waals surface area contributed by atoms with Gasteiger partial charge in [0.1, 0.15) is 5.82 Å². The van der Waals surface area contributed by atoms with E-state index >= 15 is 0 Å². The van der Waals surface area contributed by atoms with Crippen molar-refractivity contribution in [3.05, 3.63) is 54.2 Å². The molecule has 1 amide bonds. The first-order chi connectivity index (χ1) is 16.6. The molecule has 8 nitrogen and oxygen atoms in total. The number of nitrogens with zero attached hydrogens (tertiary/aromatic N) is 3. The van der Waals surface area contributed by atoms with Crippen LogP contribution in [-0.2, 0) is 10.0 Å². The number of amides is 1. The number of nitrogens with one attached hydrogen (secondary N) is 1. The molecule has 1 aliphatic carbocycles. The Hall–Kier alpha value is -2.94. The average Bonchev–Trinajstić information content (AvgIpc) is 3.10. The fourth-order valence-electron chi connectivity index (χ4n) is 5.04. The van der Waals surface area contributed by atoms with Crippen LogP contribution in [0.4, 0.5) is 5.82 Å². The van der Waals surface area contributed by atoms with Crippen LogP contribution >= 0.6 is 0 Å². The number of carbonyl (C=O) groups excluding carboxylic acids is 1. The van der Waals surface area contributed by atoms with Crippen molar-refractivity contribution in [3.63, 3.8) is 0 Å². The molecule has 0 aromatic carbocycles. The lowest BCUT2D eigenvalue weighted by atomic mass is 9.85. The van der Waals surface area contributed by atoms with E-state index in [0.717, 1.165) is 25.8 Å². The summed E-state index contributed by atoms with van der Waals surface area (Å²) >= 11 is 0. The van der Waals surface area contributed by atoms with E-state index in [0.29, 0.717) is 30.2 Å². The maximum Gasteiger partial charge on any atom is 0.281 e. The van der Waals surface area contributed by atoms with Crippen molar-refractivity contribution >= 4 is 21.7 Å². The molecule has 3 unspecified atom stereocenters.